The SMILES string of the molecule is Cn1cc(C(=O)N2CCC[C@H](c3ccn(CC(=O)O)n3)C2)c(=O)[nH]c1=O. The molecule has 0 saturated carbocycles. The van der Waals surface area contributed by atoms with Gasteiger partial charge in [0.15, 0.2) is 0 Å². The van der Waals surface area contributed by atoms with E-state index in [1.54, 1.807) is 17.2 Å². The number of H-pyrrole nitrogens is 1. The van der Waals surface area contributed by atoms with E-state index >= 15 is 0 Å². The van der Waals surface area contributed by atoms with Crippen LogP contribution >= 0.6 is 0 Å². The molecule has 0 bridgehead atoms. The minimum atomic E-state index is -0.978. The Hall–Kier alpha value is -3.17. The number of aromatic amines is 1. The summed E-state index contributed by atoms with van der Waals surface area (Å²) in [5.74, 6) is -1.44. The molecule has 10 heteroatoms. The first-order chi connectivity index (χ1) is 12.3. The molecular formula is C16H19N5O5. The molecule has 2 N–H and O–H groups in total. The number of likely N-dealkylation sites (tertiary alicyclic amines) is 1. The molecule has 1 saturated heterocycles. The molecule has 2 aromatic rings. The zero-order valence-corrected chi connectivity index (χ0v) is 14.2. The number of rotatable bonds is 4. The van der Waals surface area contributed by atoms with Crippen LogP contribution in [0, 0.1) is 0 Å². The van der Waals surface area contributed by atoms with Crippen molar-refractivity contribution in [3.8, 4) is 0 Å². The van der Waals surface area contributed by atoms with Crippen molar-refractivity contribution in [3.05, 3.63) is 50.6 Å². The maximum absolute atomic E-state index is 12.7. The van der Waals surface area contributed by atoms with Crippen molar-refractivity contribution in [1.29, 1.82) is 0 Å². The quantitative estimate of drug-likeness (QED) is 0.746. The third-order valence-corrected chi connectivity index (χ3v) is 4.42. The lowest BCUT2D eigenvalue weighted by Crippen LogP contribution is -2.43. The lowest BCUT2D eigenvalue weighted by atomic mass is 9.94. The molecule has 0 aromatic carbocycles. The second-order valence-corrected chi connectivity index (χ2v) is 6.34. The number of aromatic nitrogens is 4. The number of carbonyl (C=O) groups is 2. The molecule has 10 nitrogen and oxygen atoms in total. The van der Waals surface area contributed by atoms with Crippen LogP contribution in [0.1, 0.15) is 34.8 Å². The summed E-state index contributed by atoms with van der Waals surface area (Å²) < 4.78 is 2.50. The van der Waals surface area contributed by atoms with Crippen LogP contribution in [0.25, 0.3) is 0 Å². The van der Waals surface area contributed by atoms with Gasteiger partial charge in [-0.05, 0) is 18.9 Å². The standard InChI is InChI=1S/C16H19N5O5/c1-19-8-11(14(24)17-16(19)26)15(25)20-5-2-3-10(7-20)12-4-6-21(18-12)9-13(22)23/h4,6,8,10H,2-3,5,7,9H2,1H3,(H,22,23)(H,17,24,26)/t10-/m0/s1. The topological polar surface area (TPSA) is 130 Å². The van der Waals surface area contributed by atoms with E-state index in [0.29, 0.717) is 13.1 Å². The Bertz CT molecular complexity index is 956. The largest absolute Gasteiger partial charge is 0.480 e. The monoisotopic (exact) mass is 361 g/mol. The summed E-state index contributed by atoms with van der Waals surface area (Å²) in [4.78, 5) is 50.5. The fourth-order valence-electron chi connectivity index (χ4n) is 3.11. The number of carboxylic acid groups (broad SMARTS) is 1. The van der Waals surface area contributed by atoms with Gasteiger partial charge < -0.3 is 14.6 Å². The normalized spacial score (nSPS) is 17.3. The zero-order valence-electron chi connectivity index (χ0n) is 14.2. The van der Waals surface area contributed by atoms with Crippen LogP contribution in [0.2, 0.25) is 0 Å². The maximum Gasteiger partial charge on any atom is 0.328 e. The number of carbonyl (C=O) groups excluding carboxylic acids is 1. The molecule has 0 radical (unpaired) electrons. The molecule has 1 aliphatic rings. The van der Waals surface area contributed by atoms with Crippen LogP contribution in [-0.2, 0) is 18.4 Å². The van der Waals surface area contributed by atoms with Crippen molar-refractivity contribution in [3.63, 3.8) is 0 Å². The van der Waals surface area contributed by atoms with E-state index in [2.05, 4.69) is 10.1 Å². The van der Waals surface area contributed by atoms with Gasteiger partial charge in [-0.1, -0.05) is 0 Å². The summed E-state index contributed by atoms with van der Waals surface area (Å²) in [6.07, 6.45) is 4.40. The van der Waals surface area contributed by atoms with Gasteiger partial charge in [0.05, 0.1) is 5.69 Å². The van der Waals surface area contributed by atoms with Crippen LogP contribution in [0.3, 0.4) is 0 Å². The number of hydrogen-bond acceptors (Lipinski definition) is 5. The molecule has 1 atom stereocenters. The second-order valence-electron chi connectivity index (χ2n) is 6.34. The molecule has 1 aliphatic heterocycles. The Kier molecular flexibility index (Phi) is 4.74. The van der Waals surface area contributed by atoms with E-state index in [4.69, 9.17) is 5.11 Å². The average Bonchev–Trinajstić information content (AvgIpc) is 3.05. The van der Waals surface area contributed by atoms with E-state index < -0.39 is 23.1 Å². The van der Waals surface area contributed by atoms with Gasteiger partial charge in [0.2, 0.25) is 0 Å². The van der Waals surface area contributed by atoms with Gasteiger partial charge in [-0.15, -0.1) is 0 Å². The number of nitrogens with one attached hydrogen (secondary N) is 1. The molecule has 26 heavy (non-hydrogen) atoms. The Balaban J connectivity index is 1.78. The van der Waals surface area contributed by atoms with Gasteiger partial charge in [-0.2, -0.15) is 5.10 Å². The molecule has 1 amide bonds. The van der Waals surface area contributed by atoms with Crippen LogP contribution in [0.5, 0.6) is 0 Å². The van der Waals surface area contributed by atoms with Crippen LogP contribution < -0.4 is 11.2 Å². The van der Waals surface area contributed by atoms with E-state index in [1.165, 1.54) is 17.9 Å². The van der Waals surface area contributed by atoms with E-state index in [9.17, 15) is 19.2 Å². The summed E-state index contributed by atoms with van der Waals surface area (Å²) >= 11 is 0. The van der Waals surface area contributed by atoms with Crippen molar-refractivity contribution in [2.75, 3.05) is 13.1 Å². The number of aryl methyl sites for hydroxylation is 1. The Morgan fingerprint density at radius 2 is 2.15 bits per heavy atom. The lowest BCUT2D eigenvalue weighted by Gasteiger charge is -2.31. The van der Waals surface area contributed by atoms with Crippen molar-refractivity contribution in [2.45, 2.75) is 25.3 Å². The summed E-state index contributed by atoms with van der Waals surface area (Å²) in [6.45, 7) is 0.668. The highest BCUT2D eigenvalue weighted by Gasteiger charge is 2.28. The minimum Gasteiger partial charge on any atom is -0.480 e. The fraction of sp³-hybridized carbons (Fsp3) is 0.438. The van der Waals surface area contributed by atoms with Crippen molar-refractivity contribution >= 4 is 11.9 Å². The van der Waals surface area contributed by atoms with E-state index in [1.807, 2.05) is 0 Å². The number of amides is 1. The second kappa shape index (κ2) is 6.98. The number of hydrogen-bond donors (Lipinski definition) is 2. The van der Waals surface area contributed by atoms with Crippen molar-refractivity contribution in [2.24, 2.45) is 7.05 Å². The predicted molar refractivity (Wildman–Crippen MR) is 90.0 cm³/mol. The van der Waals surface area contributed by atoms with Gasteiger partial charge >= 0.3 is 11.7 Å². The Labute approximate surface area is 147 Å². The summed E-state index contributed by atoms with van der Waals surface area (Å²) in [5.41, 5.74) is -0.639. The molecule has 138 valence electrons. The van der Waals surface area contributed by atoms with Crippen LogP contribution in [-0.4, -0.2) is 54.3 Å². The lowest BCUT2D eigenvalue weighted by molar-refractivity contribution is -0.137. The maximum atomic E-state index is 12.7. The highest BCUT2D eigenvalue weighted by atomic mass is 16.4. The minimum absolute atomic E-state index is 0.0330. The first kappa shape index (κ1) is 17.6. The highest BCUT2D eigenvalue weighted by Crippen LogP contribution is 2.26. The average molecular weight is 361 g/mol. The first-order valence-electron chi connectivity index (χ1n) is 8.19. The van der Waals surface area contributed by atoms with Crippen molar-refractivity contribution in [1.82, 2.24) is 24.2 Å². The van der Waals surface area contributed by atoms with E-state index in [-0.39, 0.29) is 18.0 Å². The summed E-state index contributed by atoms with van der Waals surface area (Å²) in [7, 11) is 1.46. The number of aliphatic carboxylic acids is 1. The van der Waals surface area contributed by atoms with Gasteiger partial charge in [0.1, 0.15) is 12.1 Å². The third-order valence-electron chi connectivity index (χ3n) is 4.42. The molecule has 3 rings (SSSR count). The van der Waals surface area contributed by atoms with Gasteiger partial charge in [0.25, 0.3) is 11.5 Å². The highest BCUT2D eigenvalue weighted by molar-refractivity contribution is 5.93. The summed E-state index contributed by atoms with van der Waals surface area (Å²) in [5, 5.41) is 13.1. The predicted octanol–water partition coefficient (Wildman–Crippen LogP) is -0.625. The molecule has 0 spiro atoms. The van der Waals surface area contributed by atoms with Gasteiger partial charge in [-0.25, -0.2) is 4.79 Å². The summed E-state index contributed by atoms with van der Waals surface area (Å²) in [6, 6.07) is 1.75. The smallest absolute Gasteiger partial charge is 0.328 e. The van der Waals surface area contributed by atoms with Crippen LogP contribution in [0.15, 0.2) is 28.0 Å². The molecular weight excluding hydrogens is 342 g/mol. The zero-order chi connectivity index (χ0) is 18.8. The number of carboxylic acids is 1. The van der Waals surface area contributed by atoms with E-state index in [0.717, 1.165) is 23.1 Å². The molecule has 2 aromatic heterocycles. The first-order valence-corrected chi connectivity index (χ1v) is 8.19. The number of piperidine rings is 1. The molecule has 3 heterocycles. The van der Waals surface area contributed by atoms with Crippen LogP contribution in [0.4, 0.5) is 0 Å². The third kappa shape index (κ3) is 3.58. The molecule has 0 aliphatic carbocycles. The Morgan fingerprint density at radius 1 is 1.38 bits per heavy atom. The fourth-order valence-corrected chi connectivity index (χ4v) is 3.11. The van der Waals surface area contributed by atoms with Gasteiger partial charge in [0, 0.05) is 38.4 Å². The van der Waals surface area contributed by atoms with Crippen molar-refractivity contribution < 1.29 is 14.7 Å². The van der Waals surface area contributed by atoms with Gasteiger partial charge in [-0.3, -0.25) is 24.0 Å². The number of nitrogens with zero attached hydrogens (tertiary/aromatic N) is 4. The molecule has 0 unspecified atom stereocenters. The molecule has 1 fully saturated rings. The Morgan fingerprint density at radius 3 is 2.88 bits per heavy atom.